The van der Waals surface area contributed by atoms with Crippen molar-refractivity contribution in [2.24, 2.45) is 0 Å². The Morgan fingerprint density at radius 2 is 2.00 bits per heavy atom. The van der Waals surface area contributed by atoms with Crippen molar-refractivity contribution >= 4 is 22.8 Å². The average Bonchev–Trinajstić information content (AvgIpc) is 3.06. The number of hydrogen-bond acceptors (Lipinski definition) is 3. The average molecular weight is 307 g/mol. The second kappa shape index (κ2) is 6.32. The number of aromatic nitrogens is 3. The lowest BCUT2D eigenvalue weighted by Gasteiger charge is -2.23. The highest BCUT2D eigenvalue weighted by atomic mass is 35.5. The molecule has 1 saturated heterocycles. The predicted molar refractivity (Wildman–Crippen MR) is 87.1 cm³/mol. The van der Waals surface area contributed by atoms with E-state index in [0.29, 0.717) is 11.9 Å². The van der Waals surface area contributed by atoms with Crippen molar-refractivity contribution in [2.75, 3.05) is 25.5 Å². The van der Waals surface area contributed by atoms with E-state index in [4.69, 9.17) is 21.6 Å². The Morgan fingerprint density at radius 1 is 1.24 bits per heavy atom. The normalized spacial score (nSPS) is 17.7. The van der Waals surface area contributed by atoms with Gasteiger partial charge in [0.15, 0.2) is 5.65 Å². The number of halogens is 1. The van der Waals surface area contributed by atoms with Crippen LogP contribution in [0.5, 0.6) is 0 Å². The van der Waals surface area contributed by atoms with E-state index in [9.17, 15) is 0 Å². The van der Waals surface area contributed by atoms with E-state index in [2.05, 4.69) is 22.5 Å². The summed E-state index contributed by atoms with van der Waals surface area (Å²) in [5.74, 6) is 1.66. The molecule has 0 N–H and O–H groups in total. The van der Waals surface area contributed by atoms with E-state index in [1.54, 1.807) is 0 Å². The molecule has 2 aromatic heterocycles. The minimum atomic E-state index is 0.376. The lowest BCUT2D eigenvalue weighted by atomic mass is 10.2. The standard InChI is InChI=1S/C16H23ClN4/c1-12-5-6-14-16(18-12)21(15(19-14)7-8-17)13(2)11-20-9-3-4-10-20/h5-6,13H,3-4,7-11H2,1-2H3. The summed E-state index contributed by atoms with van der Waals surface area (Å²) in [7, 11) is 0. The van der Waals surface area contributed by atoms with E-state index in [-0.39, 0.29) is 0 Å². The van der Waals surface area contributed by atoms with Crippen LogP contribution < -0.4 is 0 Å². The zero-order valence-electron chi connectivity index (χ0n) is 12.8. The first-order valence-corrected chi connectivity index (χ1v) is 8.35. The van der Waals surface area contributed by atoms with Crippen LogP contribution in [0.3, 0.4) is 0 Å². The van der Waals surface area contributed by atoms with Crippen LogP contribution in [-0.4, -0.2) is 44.9 Å². The van der Waals surface area contributed by atoms with E-state index in [0.717, 1.165) is 35.6 Å². The van der Waals surface area contributed by atoms with Crippen LogP contribution >= 0.6 is 11.6 Å². The maximum atomic E-state index is 5.96. The quantitative estimate of drug-likeness (QED) is 0.796. The number of aryl methyl sites for hydroxylation is 2. The molecule has 0 radical (unpaired) electrons. The van der Waals surface area contributed by atoms with Gasteiger partial charge in [0.2, 0.25) is 0 Å². The van der Waals surface area contributed by atoms with E-state index in [1.807, 2.05) is 13.0 Å². The number of alkyl halides is 1. The minimum absolute atomic E-state index is 0.376. The maximum Gasteiger partial charge on any atom is 0.160 e. The van der Waals surface area contributed by atoms with Crippen LogP contribution in [0.15, 0.2) is 12.1 Å². The summed E-state index contributed by atoms with van der Waals surface area (Å²) in [5.41, 5.74) is 3.02. The summed E-state index contributed by atoms with van der Waals surface area (Å²) in [6, 6.07) is 4.46. The van der Waals surface area contributed by atoms with Gasteiger partial charge in [-0.3, -0.25) is 0 Å². The fourth-order valence-electron chi connectivity index (χ4n) is 3.26. The van der Waals surface area contributed by atoms with Crippen LogP contribution in [0.25, 0.3) is 11.2 Å². The Bertz CT molecular complexity index is 616. The first-order chi connectivity index (χ1) is 10.2. The van der Waals surface area contributed by atoms with Crippen LogP contribution in [0.2, 0.25) is 0 Å². The molecule has 5 heteroatoms. The van der Waals surface area contributed by atoms with Gasteiger partial charge in [-0.15, -0.1) is 11.6 Å². The van der Waals surface area contributed by atoms with Crippen LogP contribution in [0.1, 0.15) is 37.3 Å². The lowest BCUT2D eigenvalue weighted by Crippen LogP contribution is -2.28. The van der Waals surface area contributed by atoms with Gasteiger partial charge in [-0.05, 0) is 51.9 Å². The fourth-order valence-corrected chi connectivity index (χ4v) is 3.43. The first kappa shape index (κ1) is 14.8. The van der Waals surface area contributed by atoms with Gasteiger partial charge < -0.3 is 9.47 Å². The molecule has 1 unspecified atom stereocenters. The summed E-state index contributed by atoms with van der Waals surface area (Å²) in [6.45, 7) is 7.79. The predicted octanol–water partition coefficient (Wildman–Crippen LogP) is 3.18. The Hall–Kier alpha value is -1.13. The van der Waals surface area contributed by atoms with Gasteiger partial charge in [0, 0.05) is 30.6 Å². The van der Waals surface area contributed by atoms with Gasteiger partial charge in [-0.2, -0.15) is 0 Å². The van der Waals surface area contributed by atoms with Gasteiger partial charge >= 0.3 is 0 Å². The van der Waals surface area contributed by atoms with Crippen LogP contribution in [0.4, 0.5) is 0 Å². The molecule has 0 aromatic carbocycles. The van der Waals surface area contributed by atoms with Gasteiger partial charge in [-0.1, -0.05) is 0 Å². The molecule has 21 heavy (non-hydrogen) atoms. The van der Waals surface area contributed by atoms with E-state index < -0.39 is 0 Å². The van der Waals surface area contributed by atoms with Crippen molar-refractivity contribution in [1.82, 2.24) is 19.4 Å². The first-order valence-electron chi connectivity index (χ1n) is 7.82. The molecule has 1 fully saturated rings. The zero-order chi connectivity index (χ0) is 14.8. The molecular weight excluding hydrogens is 284 g/mol. The molecule has 1 aliphatic heterocycles. The molecular formula is C16H23ClN4. The number of rotatable bonds is 5. The third-order valence-electron chi connectivity index (χ3n) is 4.23. The molecule has 0 bridgehead atoms. The number of fused-ring (bicyclic) bond motifs is 1. The Morgan fingerprint density at radius 3 is 2.71 bits per heavy atom. The monoisotopic (exact) mass is 306 g/mol. The van der Waals surface area contributed by atoms with Crippen LogP contribution in [-0.2, 0) is 6.42 Å². The highest BCUT2D eigenvalue weighted by Gasteiger charge is 2.20. The second-order valence-electron chi connectivity index (χ2n) is 5.99. The summed E-state index contributed by atoms with van der Waals surface area (Å²) in [5, 5.41) is 0. The summed E-state index contributed by atoms with van der Waals surface area (Å²) >= 11 is 5.96. The largest absolute Gasteiger partial charge is 0.309 e. The Labute approximate surface area is 131 Å². The Balaban J connectivity index is 1.96. The molecule has 0 spiro atoms. The molecule has 114 valence electrons. The van der Waals surface area contributed by atoms with E-state index in [1.165, 1.54) is 25.9 Å². The number of pyridine rings is 1. The number of likely N-dealkylation sites (tertiary alicyclic amines) is 1. The van der Waals surface area contributed by atoms with E-state index >= 15 is 0 Å². The molecule has 2 aromatic rings. The third kappa shape index (κ3) is 3.06. The molecule has 3 heterocycles. The fraction of sp³-hybridized carbons (Fsp3) is 0.625. The number of nitrogens with zero attached hydrogens (tertiary/aromatic N) is 4. The molecule has 3 rings (SSSR count). The highest BCUT2D eigenvalue weighted by Crippen LogP contribution is 2.22. The lowest BCUT2D eigenvalue weighted by molar-refractivity contribution is 0.287. The Kier molecular flexibility index (Phi) is 4.45. The zero-order valence-corrected chi connectivity index (χ0v) is 13.6. The smallest absolute Gasteiger partial charge is 0.160 e. The number of hydrogen-bond donors (Lipinski definition) is 0. The highest BCUT2D eigenvalue weighted by molar-refractivity contribution is 6.17. The number of imidazole rings is 1. The van der Waals surface area contributed by atoms with Crippen molar-refractivity contribution in [3.63, 3.8) is 0 Å². The summed E-state index contributed by atoms with van der Waals surface area (Å²) in [6.07, 6.45) is 3.44. The SMILES string of the molecule is Cc1ccc2nc(CCCl)n(C(C)CN3CCCC3)c2n1. The maximum absolute atomic E-state index is 5.96. The topological polar surface area (TPSA) is 34.0 Å². The van der Waals surface area contributed by atoms with Gasteiger partial charge in [0.1, 0.15) is 11.3 Å². The molecule has 0 saturated carbocycles. The van der Waals surface area contributed by atoms with Crippen molar-refractivity contribution in [3.05, 3.63) is 23.7 Å². The third-order valence-corrected chi connectivity index (χ3v) is 4.42. The minimum Gasteiger partial charge on any atom is -0.309 e. The summed E-state index contributed by atoms with van der Waals surface area (Å²) < 4.78 is 2.29. The molecule has 0 aliphatic carbocycles. The second-order valence-corrected chi connectivity index (χ2v) is 6.37. The van der Waals surface area contributed by atoms with Gasteiger partial charge in [0.05, 0.1) is 0 Å². The van der Waals surface area contributed by atoms with Crippen molar-refractivity contribution in [1.29, 1.82) is 0 Å². The van der Waals surface area contributed by atoms with Crippen LogP contribution in [0, 0.1) is 6.92 Å². The molecule has 1 aliphatic rings. The van der Waals surface area contributed by atoms with Gasteiger partial charge in [-0.25, -0.2) is 9.97 Å². The van der Waals surface area contributed by atoms with Crippen molar-refractivity contribution in [2.45, 2.75) is 39.2 Å². The molecule has 1 atom stereocenters. The molecule has 0 amide bonds. The van der Waals surface area contributed by atoms with Crippen molar-refractivity contribution in [3.8, 4) is 0 Å². The molecule has 4 nitrogen and oxygen atoms in total. The van der Waals surface area contributed by atoms with Crippen molar-refractivity contribution < 1.29 is 0 Å². The summed E-state index contributed by atoms with van der Waals surface area (Å²) in [4.78, 5) is 12.0. The van der Waals surface area contributed by atoms with Gasteiger partial charge in [0.25, 0.3) is 0 Å².